The van der Waals surface area contributed by atoms with E-state index in [1.54, 1.807) is 5.56 Å². The molecule has 0 bridgehead atoms. The molecule has 4 nitrogen and oxygen atoms in total. The van der Waals surface area contributed by atoms with Gasteiger partial charge in [-0.1, -0.05) is 73.2 Å². The summed E-state index contributed by atoms with van der Waals surface area (Å²) in [5.41, 5.74) is 11.9. The molecule has 0 N–H and O–H groups in total. The van der Waals surface area contributed by atoms with E-state index in [-0.39, 0.29) is 5.66 Å². The van der Waals surface area contributed by atoms with E-state index in [4.69, 9.17) is 0 Å². The Labute approximate surface area is 253 Å². The first kappa shape index (κ1) is 22.3. The number of hydrogen-bond acceptors (Lipinski definition) is 0. The lowest BCUT2D eigenvalue weighted by molar-refractivity contribution is -0.974. The maximum Gasteiger partial charge on any atom is 0.300 e. The minimum Gasteiger partial charge on any atom is -0.225 e. The zero-order valence-electron chi connectivity index (χ0n) is 24.1. The van der Waals surface area contributed by atoms with E-state index in [0.717, 1.165) is 0 Å². The van der Waals surface area contributed by atoms with Crippen LogP contribution in [0.4, 0.5) is 0 Å². The molecule has 4 aromatic carbocycles. The third-order valence-corrected chi connectivity index (χ3v) is 11.6. The van der Waals surface area contributed by atoms with Gasteiger partial charge in [0.2, 0.25) is 5.65 Å². The summed E-state index contributed by atoms with van der Waals surface area (Å²) in [6.07, 6.45) is 6.14. The van der Waals surface area contributed by atoms with Crippen LogP contribution in [0.25, 0.3) is 66.5 Å². The Balaban J connectivity index is 1.39. The van der Waals surface area contributed by atoms with Crippen molar-refractivity contribution < 1.29 is 9.13 Å². The highest BCUT2D eigenvalue weighted by Crippen LogP contribution is 2.60. The van der Waals surface area contributed by atoms with Crippen molar-refractivity contribution >= 4 is 43.9 Å². The fourth-order valence-corrected chi connectivity index (χ4v) is 10.2. The number of benzene rings is 4. The van der Waals surface area contributed by atoms with Gasteiger partial charge in [0.15, 0.2) is 0 Å². The Morgan fingerprint density at radius 2 is 1.34 bits per heavy atom. The molecule has 2 aliphatic heterocycles. The predicted octanol–water partition coefficient (Wildman–Crippen LogP) is 7.90. The van der Waals surface area contributed by atoms with Crippen LogP contribution in [0.5, 0.6) is 0 Å². The van der Waals surface area contributed by atoms with Crippen molar-refractivity contribution in [2.75, 3.05) is 0 Å². The Morgan fingerprint density at radius 3 is 2.18 bits per heavy atom. The molecular weight excluding hydrogens is 536 g/mol. The third kappa shape index (κ3) is 2.22. The number of pyridine rings is 2. The molecule has 3 atom stereocenters. The first-order valence-corrected chi connectivity index (χ1v) is 16.0. The van der Waals surface area contributed by atoms with E-state index in [1.165, 1.54) is 91.3 Å². The van der Waals surface area contributed by atoms with Gasteiger partial charge in [-0.2, -0.15) is 13.7 Å². The second kappa shape index (κ2) is 7.28. The van der Waals surface area contributed by atoms with Crippen LogP contribution >= 0.6 is 0 Å². The molecule has 1 fully saturated rings. The Morgan fingerprint density at radius 1 is 0.614 bits per heavy atom. The molecule has 6 heterocycles. The van der Waals surface area contributed by atoms with Gasteiger partial charge in [-0.25, -0.2) is 4.57 Å². The number of para-hydroxylation sites is 2. The van der Waals surface area contributed by atoms with Gasteiger partial charge in [-0.15, -0.1) is 0 Å². The van der Waals surface area contributed by atoms with Crippen molar-refractivity contribution in [3.05, 3.63) is 133 Å². The summed E-state index contributed by atoms with van der Waals surface area (Å²) < 4.78 is 10.6. The first-order chi connectivity index (χ1) is 21.9. The van der Waals surface area contributed by atoms with Gasteiger partial charge in [-0.3, -0.25) is 0 Å². The second-order valence-electron chi connectivity index (χ2n) is 13.3. The molecule has 1 saturated carbocycles. The Hall–Kier alpha value is -5.22. The summed E-state index contributed by atoms with van der Waals surface area (Å²) in [4.78, 5) is 0. The van der Waals surface area contributed by atoms with E-state index in [1.807, 2.05) is 0 Å². The Bertz CT molecular complexity index is 2600. The zero-order valence-corrected chi connectivity index (χ0v) is 24.1. The van der Waals surface area contributed by atoms with Crippen molar-refractivity contribution in [2.45, 2.75) is 30.8 Å². The first-order valence-electron chi connectivity index (χ1n) is 16.0. The van der Waals surface area contributed by atoms with E-state index in [9.17, 15) is 0 Å². The fourth-order valence-electron chi connectivity index (χ4n) is 10.2. The largest absolute Gasteiger partial charge is 0.300 e. The molecule has 44 heavy (non-hydrogen) atoms. The number of rotatable bonds is 1. The predicted molar refractivity (Wildman–Crippen MR) is 174 cm³/mol. The number of aromatic nitrogens is 4. The molecule has 0 amide bonds. The van der Waals surface area contributed by atoms with Gasteiger partial charge in [0.05, 0.1) is 22.5 Å². The topological polar surface area (TPSA) is 17.6 Å². The molecule has 8 aromatic rings. The number of fused-ring (bicyclic) bond motifs is 10. The van der Waals surface area contributed by atoms with Crippen LogP contribution < -0.4 is 9.13 Å². The summed E-state index contributed by atoms with van der Waals surface area (Å²) in [6, 6.07) is 43.5. The minimum atomic E-state index is -0.329. The fraction of sp³-hybridized carbons (Fsp3) is 0.150. The average molecular weight is 565 g/mol. The molecule has 0 radical (unpaired) electrons. The maximum absolute atomic E-state index is 2.78. The van der Waals surface area contributed by atoms with Crippen LogP contribution in [0.3, 0.4) is 0 Å². The average Bonchev–Trinajstić information content (AvgIpc) is 3.84. The third-order valence-electron chi connectivity index (χ3n) is 11.6. The molecule has 4 heteroatoms. The van der Waals surface area contributed by atoms with Gasteiger partial charge in [0.25, 0.3) is 11.5 Å². The molecule has 4 aliphatic rings. The van der Waals surface area contributed by atoms with Gasteiger partial charge >= 0.3 is 5.65 Å². The highest BCUT2D eigenvalue weighted by atomic mass is 15.4. The summed E-state index contributed by atoms with van der Waals surface area (Å²) in [7, 11) is 0. The molecule has 0 saturated heterocycles. The standard InChI is InChI=1S/C40H28N4/c1-2-10-24(11-3-1)25-22-31-26-14-8-16-32(26)40-37(31)35(23-25)42-33-17-6-4-13-28(33)30-19-20-36(44(40)39(30)42)43-34-18-7-5-12-27(34)29-15-9-21-41(40)38(29)43/h1-7,9-13,15,17-23,26,32H,8,14,16H2/q+2. The minimum absolute atomic E-state index is 0.329. The van der Waals surface area contributed by atoms with E-state index >= 15 is 0 Å². The van der Waals surface area contributed by atoms with Crippen LogP contribution in [0, 0.1) is 5.92 Å². The lowest BCUT2D eigenvalue weighted by Crippen LogP contribution is -2.80. The van der Waals surface area contributed by atoms with Gasteiger partial charge in [-0.05, 0) is 77.9 Å². The molecule has 1 spiro atoms. The maximum atomic E-state index is 2.78. The normalized spacial score (nSPS) is 21.9. The smallest absolute Gasteiger partial charge is 0.225 e. The van der Waals surface area contributed by atoms with Gasteiger partial charge in [0.1, 0.15) is 16.7 Å². The number of nitrogens with zero attached hydrogens (tertiary/aromatic N) is 4. The van der Waals surface area contributed by atoms with Crippen molar-refractivity contribution in [3.63, 3.8) is 0 Å². The lowest BCUT2D eigenvalue weighted by atomic mass is 9.85. The molecular formula is C40H28N4+2. The van der Waals surface area contributed by atoms with E-state index in [2.05, 4.69) is 140 Å². The van der Waals surface area contributed by atoms with Crippen LogP contribution in [0.15, 0.2) is 121 Å². The molecule has 4 aromatic heterocycles. The highest BCUT2D eigenvalue weighted by Gasteiger charge is 2.68. The van der Waals surface area contributed by atoms with Gasteiger partial charge < -0.3 is 0 Å². The van der Waals surface area contributed by atoms with Crippen LogP contribution in [0.1, 0.15) is 36.3 Å². The summed E-state index contributed by atoms with van der Waals surface area (Å²) in [5.74, 6) is 2.28. The van der Waals surface area contributed by atoms with E-state index in [0.29, 0.717) is 11.8 Å². The zero-order chi connectivity index (χ0) is 28.3. The van der Waals surface area contributed by atoms with Crippen LogP contribution in [0.2, 0.25) is 0 Å². The van der Waals surface area contributed by atoms with Crippen LogP contribution in [-0.4, -0.2) is 9.13 Å². The Kier molecular flexibility index (Phi) is 3.70. The molecule has 2 aliphatic carbocycles. The molecule has 3 unspecified atom stereocenters. The molecule has 206 valence electrons. The quantitative estimate of drug-likeness (QED) is 0.181. The summed E-state index contributed by atoms with van der Waals surface area (Å²) >= 11 is 0. The summed E-state index contributed by atoms with van der Waals surface area (Å²) in [5, 5.41) is 5.30. The highest BCUT2D eigenvalue weighted by molar-refractivity contribution is 6.09. The second-order valence-corrected chi connectivity index (χ2v) is 13.3. The van der Waals surface area contributed by atoms with Crippen molar-refractivity contribution in [1.82, 2.24) is 9.13 Å². The summed E-state index contributed by atoms with van der Waals surface area (Å²) in [6.45, 7) is 0. The SMILES string of the molecule is c1ccc(-c2cc3c4c(c2)-n2c5ccccc5c5ccc6[n+](c52)C4(C2CCCC32)[n+]2cccc3c4ccccc4n-6c32)cc1. The van der Waals surface area contributed by atoms with Crippen molar-refractivity contribution in [1.29, 1.82) is 0 Å². The van der Waals surface area contributed by atoms with Gasteiger partial charge in [0, 0.05) is 22.8 Å². The van der Waals surface area contributed by atoms with Crippen molar-refractivity contribution in [2.24, 2.45) is 5.92 Å². The monoisotopic (exact) mass is 564 g/mol. The van der Waals surface area contributed by atoms with Crippen LogP contribution in [-0.2, 0) is 5.66 Å². The number of hydrogen-bond donors (Lipinski definition) is 0. The molecule has 12 rings (SSSR count). The van der Waals surface area contributed by atoms with E-state index < -0.39 is 0 Å². The lowest BCUT2D eigenvalue weighted by Gasteiger charge is -2.40. The van der Waals surface area contributed by atoms with Crippen molar-refractivity contribution in [3.8, 4) is 22.6 Å².